The lowest BCUT2D eigenvalue weighted by Gasteiger charge is -2.55. The Hall–Kier alpha value is -1.89. The number of aromatic nitrogens is 2. The average Bonchev–Trinajstić information content (AvgIpc) is 3.12. The molecule has 29 heavy (non-hydrogen) atoms. The van der Waals surface area contributed by atoms with Crippen molar-refractivity contribution in [3.05, 3.63) is 18.2 Å². The van der Waals surface area contributed by atoms with Crippen LogP contribution in [0.25, 0.3) is 0 Å². The summed E-state index contributed by atoms with van der Waals surface area (Å²) in [4.78, 5) is 32.4. The van der Waals surface area contributed by atoms with Crippen LogP contribution < -0.4 is 10.6 Å². The van der Waals surface area contributed by atoms with Crippen LogP contribution in [0.15, 0.2) is 12.4 Å². The van der Waals surface area contributed by atoms with Crippen LogP contribution in [0, 0.1) is 23.2 Å². The third-order valence-corrected chi connectivity index (χ3v) is 7.86. The van der Waals surface area contributed by atoms with Crippen LogP contribution >= 0.6 is 0 Å². The molecule has 2 N–H and O–H groups in total. The van der Waals surface area contributed by atoms with Crippen molar-refractivity contribution < 1.29 is 9.59 Å². The molecule has 1 aromatic heterocycles. The third kappa shape index (κ3) is 3.47. The van der Waals surface area contributed by atoms with Gasteiger partial charge in [-0.15, -0.1) is 0 Å². The van der Waals surface area contributed by atoms with E-state index in [1.165, 1.54) is 19.3 Å². The fourth-order valence-corrected chi connectivity index (χ4v) is 6.93. The van der Waals surface area contributed by atoms with E-state index < -0.39 is 0 Å². The number of piperazine rings is 1. The van der Waals surface area contributed by atoms with Gasteiger partial charge in [0, 0.05) is 57.5 Å². The first-order chi connectivity index (χ1) is 14.0. The van der Waals surface area contributed by atoms with E-state index in [0.29, 0.717) is 19.5 Å². The summed E-state index contributed by atoms with van der Waals surface area (Å²) in [6.45, 7) is 2.64. The van der Waals surface area contributed by atoms with Gasteiger partial charge in [0.1, 0.15) is 11.9 Å². The Balaban J connectivity index is 1.18. The molecule has 1 unspecified atom stereocenters. The number of hydrogen-bond acceptors (Lipinski definition) is 4. The highest BCUT2D eigenvalue weighted by atomic mass is 16.2. The molecule has 0 radical (unpaired) electrons. The van der Waals surface area contributed by atoms with Crippen molar-refractivity contribution >= 4 is 11.8 Å². The predicted molar refractivity (Wildman–Crippen MR) is 109 cm³/mol. The summed E-state index contributed by atoms with van der Waals surface area (Å²) in [6.07, 6.45) is 11.3. The number of nitrogens with one attached hydrogen (secondary N) is 2. The van der Waals surface area contributed by atoms with E-state index in [4.69, 9.17) is 0 Å². The van der Waals surface area contributed by atoms with Crippen LogP contribution in [-0.2, 0) is 16.6 Å². The van der Waals surface area contributed by atoms with E-state index in [0.717, 1.165) is 55.9 Å². The van der Waals surface area contributed by atoms with Crippen molar-refractivity contribution in [1.29, 1.82) is 0 Å². The monoisotopic (exact) mass is 399 g/mol. The Kier molecular flexibility index (Phi) is 4.88. The van der Waals surface area contributed by atoms with Crippen LogP contribution in [-0.4, -0.2) is 52.4 Å². The zero-order valence-electron chi connectivity index (χ0n) is 17.4. The number of amides is 2. The molecule has 4 bridgehead atoms. The maximum atomic E-state index is 13.1. The van der Waals surface area contributed by atoms with E-state index in [-0.39, 0.29) is 23.3 Å². The van der Waals surface area contributed by atoms with Gasteiger partial charge in [0.2, 0.25) is 11.8 Å². The topological polar surface area (TPSA) is 79.3 Å². The fourth-order valence-electron chi connectivity index (χ4n) is 6.93. The van der Waals surface area contributed by atoms with Crippen LogP contribution in [0.3, 0.4) is 0 Å². The molecule has 1 saturated heterocycles. The number of nitrogens with zero attached hydrogens (tertiary/aromatic N) is 3. The van der Waals surface area contributed by atoms with Gasteiger partial charge in [-0.3, -0.25) is 9.59 Å². The normalized spacial score (nSPS) is 35.7. The maximum absolute atomic E-state index is 13.1. The van der Waals surface area contributed by atoms with Crippen molar-refractivity contribution in [3.63, 3.8) is 0 Å². The molecular weight excluding hydrogens is 366 g/mol. The minimum absolute atomic E-state index is 0.0462. The van der Waals surface area contributed by atoms with Gasteiger partial charge in [0.15, 0.2) is 0 Å². The van der Waals surface area contributed by atoms with Gasteiger partial charge in [-0.1, -0.05) is 0 Å². The quantitative estimate of drug-likeness (QED) is 0.789. The minimum Gasteiger partial charge on any atom is -0.355 e. The zero-order chi connectivity index (χ0) is 20.0. The number of carbonyl (C=O) groups excluding carboxylic acids is 2. The molecular formula is C22H33N5O2. The second-order valence-electron chi connectivity index (χ2n) is 9.91. The number of rotatable bonds is 5. The molecule has 7 nitrogen and oxygen atoms in total. The largest absolute Gasteiger partial charge is 0.355 e. The number of imidazole rings is 1. The molecule has 7 heteroatoms. The highest BCUT2D eigenvalue weighted by Crippen LogP contribution is 2.60. The summed E-state index contributed by atoms with van der Waals surface area (Å²) in [6, 6.07) is -0.0462. The van der Waals surface area contributed by atoms with Gasteiger partial charge in [-0.05, 0) is 56.3 Å². The number of carbonyl (C=O) groups is 2. The Labute approximate surface area is 172 Å². The first kappa shape index (κ1) is 19.1. The third-order valence-electron chi connectivity index (χ3n) is 7.86. The molecule has 158 valence electrons. The van der Waals surface area contributed by atoms with Crippen LogP contribution in [0.1, 0.15) is 56.8 Å². The molecule has 4 aliphatic carbocycles. The highest BCUT2D eigenvalue weighted by molar-refractivity contribution is 5.84. The van der Waals surface area contributed by atoms with E-state index >= 15 is 0 Å². The Morgan fingerprint density at radius 3 is 2.52 bits per heavy atom. The second kappa shape index (κ2) is 7.42. The van der Waals surface area contributed by atoms with Crippen molar-refractivity contribution in [2.24, 2.45) is 30.2 Å². The smallest absolute Gasteiger partial charge is 0.226 e. The van der Waals surface area contributed by atoms with Crippen LogP contribution in [0.4, 0.5) is 0 Å². The fraction of sp³-hybridized carbons (Fsp3) is 0.773. The molecule has 1 aliphatic heterocycles. The molecule has 1 aromatic rings. The van der Waals surface area contributed by atoms with Crippen molar-refractivity contribution in [2.75, 3.05) is 26.2 Å². The van der Waals surface area contributed by atoms with Gasteiger partial charge < -0.3 is 20.1 Å². The second-order valence-corrected chi connectivity index (χ2v) is 9.91. The summed E-state index contributed by atoms with van der Waals surface area (Å²) in [7, 11) is 1.96. The summed E-state index contributed by atoms with van der Waals surface area (Å²) in [5, 5.41) is 6.51. The average molecular weight is 400 g/mol. The lowest BCUT2D eigenvalue weighted by atomic mass is 9.49. The zero-order valence-corrected chi connectivity index (χ0v) is 17.4. The van der Waals surface area contributed by atoms with Gasteiger partial charge in [0.05, 0.1) is 0 Å². The lowest BCUT2D eigenvalue weighted by Crippen LogP contribution is -2.54. The Bertz CT molecular complexity index is 753. The van der Waals surface area contributed by atoms with Crippen LogP contribution in [0.5, 0.6) is 0 Å². The Morgan fingerprint density at radius 1 is 1.21 bits per heavy atom. The van der Waals surface area contributed by atoms with Gasteiger partial charge in [0.25, 0.3) is 0 Å². The highest BCUT2D eigenvalue weighted by Gasteiger charge is 2.54. The van der Waals surface area contributed by atoms with Crippen LogP contribution in [0.2, 0.25) is 0 Å². The minimum atomic E-state index is -0.137. The van der Waals surface area contributed by atoms with Gasteiger partial charge in [-0.25, -0.2) is 4.98 Å². The molecule has 2 amide bonds. The summed E-state index contributed by atoms with van der Waals surface area (Å²) in [5.41, 5.74) is -0.137. The summed E-state index contributed by atoms with van der Waals surface area (Å²) in [5.74, 6) is 3.49. The van der Waals surface area contributed by atoms with Crippen molar-refractivity contribution in [1.82, 2.24) is 25.1 Å². The van der Waals surface area contributed by atoms with E-state index in [1.54, 1.807) is 6.20 Å². The Morgan fingerprint density at radius 2 is 1.90 bits per heavy atom. The van der Waals surface area contributed by atoms with Crippen molar-refractivity contribution in [2.45, 2.75) is 51.0 Å². The first-order valence-electron chi connectivity index (χ1n) is 11.3. The molecule has 0 aromatic carbocycles. The molecule has 5 fully saturated rings. The first-order valence-corrected chi connectivity index (χ1v) is 11.3. The van der Waals surface area contributed by atoms with Crippen molar-refractivity contribution in [3.8, 4) is 0 Å². The standard InChI is InChI=1S/C22H33N5O2/c1-26-6-5-24-20(26)18-14-23-4-7-27(18)19(28)2-3-25-21(29)22-11-15-8-16(12-22)10-17(9-15)13-22/h5-6,15-18,23H,2-4,7-14H2,1H3,(H,25,29). The van der Waals surface area contributed by atoms with E-state index in [1.807, 2.05) is 22.7 Å². The molecule has 2 heterocycles. The molecule has 4 saturated carbocycles. The van der Waals surface area contributed by atoms with E-state index in [2.05, 4.69) is 15.6 Å². The molecule has 5 aliphatic rings. The molecule has 6 rings (SSSR count). The predicted octanol–water partition coefficient (Wildman–Crippen LogP) is 1.62. The van der Waals surface area contributed by atoms with Gasteiger partial charge >= 0.3 is 0 Å². The number of aryl methyl sites for hydroxylation is 1. The maximum Gasteiger partial charge on any atom is 0.226 e. The van der Waals surface area contributed by atoms with Gasteiger partial charge in [-0.2, -0.15) is 0 Å². The molecule has 0 spiro atoms. The summed E-state index contributed by atoms with van der Waals surface area (Å²) >= 11 is 0. The number of hydrogen-bond donors (Lipinski definition) is 2. The SMILES string of the molecule is Cn1ccnc1C1CNCCN1C(=O)CCNC(=O)C12CC3CC(CC(C3)C1)C2. The summed E-state index contributed by atoms with van der Waals surface area (Å²) < 4.78 is 1.98. The lowest BCUT2D eigenvalue weighted by molar-refractivity contribution is -0.146. The molecule has 1 atom stereocenters. The van der Waals surface area contributed by atoms with E-state index in [9.17, 15) is 9.59 Å².